The molecular weight excluding hydrogens is 444 g/mol. The van der Waals surface area contributed by atoms with E-state index in [9.17, 15) is 9.59 Å². The summed E-state index contributed by atoms with van der Waals surface area (Å²) in [4.78, 5) is 32.3. The van der Waals surface area contributed by atoms with Crippen molar-refractivity contribution in [1.29, 1.82) is 0 Å². The van der Waals surface area contributed by atoms with E-state index in [4.69, 9.17) is 14.2 Å². The normalized spacial score (nSPS) is 21.3. The summed E-state index contributed by atoms with van der Waals surface area (Å²) < 4.78 is 17.1. The van der Waals surface area contributed by atoms with Crippen molar-refractivity contribution in [3.63, 3.8) is 0 Å². The van der Waals surface area contributed by atoms with Crippen LogP contribution in [-0.4, -0.2) is 47.1 Å². The summed E-state index contributed by atoms with van der Waals surface area (Å²) in [7, 11) is 0. The smallest absolute Gasteiger partial charge is 0.410 e. The van der Waals surface area contributed by atoms with Gasteiger partial charge in [0.25, 0.3) is 0 Å². The summed E-state index contributed by atoms with van der Waals surface area (Å²) in [5.41, 5.74) is 2.51. The zero-order valence-electron chi connectivity index (χ0n) is 19.4. The zero-order valence-corrected chi connectivity index (χ0v) is 19.4. The minimum Gasteiger partial charge on any atom is -0.487 e. The van der Waals surface area contributed by atoms with Gasteiger partial charge in [-0.1, -0.05) is 60.7 Å². The van der Waals surface area contributed by atoms with E-state index >= 15 is 0 Å². The van der Waals surface area contributed by atoms with E-state index in [1.54, 1.807) is 23.4 Å². The van der Waals surface area contributed by atoms with Crippen molar-refractivity contribution in [2.45, 2.75) is 38.1 Å². The van der Waals surface area contributed by atoms with Crippen molar-refractivity contribution in [1.82, 2.24) is 9.88 Å². The lowest BCUT2D eigenvalue weighted by Crippen LogP contribution is -2.59. The third-order valence-corrected chi connectivity index (χ3v) is 6.55. The molecule has 0 spiro atoms. The maximum atomic E-state index is 13.4. The molecule has 2 unspecified atom stereocenters. The number of Topliss-reactive ketones (excluding diaryl/α,β-unsaturated/α-hetero) is 1. The molecule has 5 rings (SSSR count). The monoisotopic (exact) mass is 472 g/mol. The highest BCUT2D eigenvalue weighted by atomic mass is 16.6. The van der Waals surface area contributed by atoms with Crippen LogP contribution >= 0.6 is 0 Å². The Morgan fingerprint density at radius 3 is 2.17 bits per heavy atom. The van der Waals surface area contributed by atoms with Crippen LogP contribution in [0.3, 0.4) is 0 Å². The van der Waals surface area contributed by atoms with Gasteiger partial charge in [0.05, 0.1) is 31.5 Å². The van der Waals surface area contributed by atoms with E-state index in [0.29, 0.717) is 44.0 Å². The Morgan fingerprint density at radius 1 is 0.886 bits per heavy atom. The number of amides is 1. The van der Waals surface area contributed by atoms with E-state index in [2.05, 4.69) is 4.98 Å². The van der Waals surface area contributed by atoms with Crippen molar-refractivity contribution in [2.75, 3.05) is 13.2 Å². The molecule has 0 saturated carbocycles. The lowest BCUT2D eigenvalue weighted by molar-refractivity contribution is -0.0755. The van der Waals surface area contributed by atoms with Crippen LogP contribution in [-0.2, 0) is 22.7 Å². The Labute approximate surface area is 204 Å². The van der Waals surface area contributed by atoms with Crippen molar-refractivity contribution >= 4 is 11.9 Å². The number of benzene rings is 2. The Balaban J connectivity index is 1.22. The van der Waals surface area contributed by atoms with Crippen molar-refractivity contribution in [2.24, 2.45) is 5.92 Å². The van der Waals surface area contributed by atoms with Gasteiger partial charge in [-0.2, -0.15) is 0 Å². The van der Waals surface area contributed by atoms with Crippen LogP contribution in [0.25, 0.3) is 0 Å². The molecule has 0 aliphatic carbocycles. The molecule has 1 aromatic heterocycles. The van der Waals surface area contributed by atoms with Gasteiger partial charge in [0.2, 0.25) is 0 Å². The van der Waals surface area contributed by atoms with Crippen LogP contribution < -0.4 is 4.74 Å². The molecule has 3 heterocycles. The number of aromatic nitrogens is 1. The second-order valence-corrected chi connectivity index (χ2v) is 9.01. The molecule has 2 saturated heterocycles. The fourth-order valence-corrected chi connectivity index (χ4v) is 4.83. The first kappa shape index (κ1) is 23.1. The standard InChI is InChI=1S/C28H28N2O5/c31-27(23-13-26(15-29-14-23)34-16-20-7-3-1-4-8-20)22-11-24-18-33-19-25(12-22)30(24)28(32)35-17-21-9-5-2-6-10-21/h1-10,13-15,22,24-25H,11-12,16-19H2. The summed E-state index contributed by atoms with van der Waals surface area (Å²) in [6, 6.07) is 20.8. The minimum atomic E-state index is -0.351. The minimum absolute atomic E-state index is 0.0249. The Kier molecular flexibility index (Phi) is 7.04. The summed E-state index contributed by atoms with van der Waals surface area (Å²) in [5.74, 6) is 0.375. The predicted octanol–water partition coefficient (Wildman–Crippen LogP) is 4.66. The van der Waals surface area contributed by atoms with Crippen LogP contribution in [0.15, 0.2) is 79.1 Å². The van der Waals surface area contributed by atoms with Gasteiger partial charge in [-0.05, 0) is 30.0 Å². The van der Waals surface area contributed by atoms with Crippen molar-refractivity contribution < 1.29 is 23.8 Å². The van der Waals surface area contributed by atoms with Crippen LogP contribution in [0.2, 0.25) is 0 Å². The Morgan fingerprint density at radius 2 is 1.51 bits per heavy atom. The summed E-state index contributed by atoms with van der Waals surface area (Å²) in [6.07, 6.45) is 3.92. The second kappa shape index (κ2) is 10.7. The molecule has 2 aliphatic heterocycles. The largest absolute Gasteiger partial charge is 0.487 e. The molecule has 2 aliphatic rings. The lowest BCUT2D eigenvalue weighted by Gasteiger charge is -2.47. The van der Waals surface area contributed by atoms with Crippen molar-refractivity contribution in [3.05, 3.63) is 95.8 Å². The number of morpholine rings is 1. The molecule has 180 valence electrons. The van der Waals surface area contributed by atoms with E-state index in [0.717, 1.165) is 11.1 Å². The number of ketones is 1. The number of ether oxygens (including phenoxy) is 3. The molecule has 1 amide bonds. The van der Waals surface area contributed by atoms with Gasteiger partial charge in [0, 0.05) is 17.7 Å². The molecule has 0 radical (unpaired) electrons. The van der Waals surface area contributed by atoms with Gasteiger partial charge in [-0.15, -0.1) is 0 Å². The molecule has 2 atom stereocenters. The second-order valence-electron chi connectivity index (χ2n) is 9.01. The highest BCUT2D eigenvalue weighted by molar-refractivity contribution is 5.98. The number of pyridine rings is 1. The number of nitrogens with zero attached hydrogens (tertiary/aromatic N) is 2. The number of rotatable bonds is 7. The average molecular weight is 473 g/mol. The third-order valence-electron chi connectivity index (χ3n) is 6.55. The zero-order chi connectivity index (χ0) is 24.0. The van der Waals surface area contributed by atoms with E-state index in [1.807, 2.05) is 60.7 Å². The molecule has 2 aromatic carbocycles. The quantitative estimate of drug-likeness (QED) is 0.466. The molecule has 2 fully saturated rings. The van der Waals surface area contributed by atoms with Crippen LogP contribution in [0.1, 0.15) is 34.3 Å². The maximum absolute atomic E-state index is 13.4. The molecule has 3 aromatic rings. The van der Waals surface area contributed by atoms with E-state index < -0.39 is 0 Å². The summed E-state index contributed by atoms with van der Waals surface area (Å²) >= 11 is 0. The van der Waals surface area contributed by atoms with E-state index in [1.165, 1.54) is 0 Å². The first-order valence-electron chi connectivity index (χ1n) is 11.9. The van der Waals surface area contributed by atoms with Crippen molar-refractivity contribution in [3.8, 4) is 5.75 Å². The average Bonchev–Trinajstić information content (AvgIpc) is 2.91. The van der Waals surface area contributed by atoms with Gasteiger partial charge in [-0.25, -0.2) is 4.79 Å². The lowest BCUT2D eigenvalue weighted by atomic mass is 9.81. The topological polar surface area (TPSA) is 78.0 Å². The first-order chi connectivity index (χ1) is 17.2. The molecule has 7 heteroatoms. The molecule has 35 heavy (non-hydrogen) atoms. The summed E-state index contributed by atoms with van der Waals surface area (Å²) in [5, 5.41) is 0. The Bertz CT molecular complexity index is 1140. The molecular formula is C28H28N2O5. The van der Waals surface area contributed by atoms with Gasteiger partial charge in [0.15, 0.2) is 5.78 Å². The predicted molar refractivity (Wildman–Crippen MR) is 129 cm³/mol. The first-order valence-corrected chi connectivity index (χ1v) is 11.9. The van der Waals surface area contributed by atoms with E-state index in [-0.39, 0.29) is 36.5 Å². The van der Waals surface area contributed by atoms with Gasteiger partial charge in [-0.3, -0.25) is 14.7 Å². The number of carbonyl (C=O) groups is 2. The summed E-state index contributed by atoms with van der Waals surface area (Å²) in [6.45, 7) is 1.43. The van der Waals surface area contributed by atoms with Gasteiger partial charge < -0.3 is 14.2 Å². The SMILES string of the molecule is O=C(c1cncc(OCc2ccccc2)c1)C1CC2COCC(C1)N2C(=O)OCc1ccccc1. The number of hydrogen-bond donors (Lipinski definition) is 0. The number of fused-ring (bicyclic) bond motifs is 2. The highest BCUT2D eigenvalue weighted by Crippen LogP contribution is 2.34. The molecule has 2 bridgehead atoms. The van der Waals surface area contributed by atoms with Gasteiger partial charge >= 0.3 is 6.09 Å². The Hall–Kier alpha value is -3.71. The third kappa shape index (κ3) is 5.52. The fourth-order valence-electron chi connectivity index (χ4n) is 4.83. The van der Waals surface area contributed by atoms with Crippen LogP contribution in [0, 0.1) is 5.92 Å². The van der Waals surface area contributed by atoms with Crippen LogP contribution in [0.5, 0.6) is 5.75 Å². The molecule has 7 nitrogen and oxygen atoms in total. The van der Waals surface area contributed by atoms with Gasteiger partial charge in [0.1, 0.15) is 19.0 Å². The fraction of sp³-hybridized carbons (Fsp3) is 0.321. The molecule has 0 N–H and O–H groups in total. The highest BCUT2D eigenvalue weighted by Gasteiger charge is 2.44. The van der Waals surface area contributed by atoms with Crippen LogP contribution in [0.4, 0.5) is 4.79 Å². The number of piperidine rings is 1. The number of hydrogen-bond acceptors (Lipinski definition) is 6. The maximum Gasteiger partial charge on any atom is 0.410 e. The number of carbonyl (C=O) groups excluding carboxylic acids is 2.